The van der Waals surface area contributed by atoms with E-state index in [-0.39, 0.29) is 31.3 Å². The molecule has 192 valence electrons. The first kappa shape index (κ1) is 28.7. The number of hydrogen-bond acceptors (Lipinski definition) is 4. The number of anilines is 1. The van der Waals surface area contributed by atoms with Crippen molar-refractivity contribution in [2.75, 3.05) is 17.1 Å². The van der Waals surface area contributed by atoms with E-state index in [9.17, 15) is 18.0 Å². The fourth-order valence-electron chi connectivity index (χ4n) is 3.76. The number of benzene rings is 2. The van der Waals surface area contributed by atoms with Crippen LogP contribution in [0.2, 0.25) is 5.02 Å². The topological polar surface area (TPSA) is 86.8 Å². The van der Waals surface area contributed by atoms with Crippen LogP contribution in [0.4, 0.5) is 5.69 Å². The third-order valence-electron chi connectivity index (χ3n) is 5.35. The van der Waals surface area contributed by atoms with Crippen LogP contribution in [0.5, 0.6) is 0 Å². The third kappa shape index (κ3) is 9.18. The Hall–Kier alpha value is -2.58. The number of halogens is 1. The van der Waals surface area contributed by atoms with Gasteiger partial charge in [0.25, 0.3) is 0 Å². The fraction of sp³-hybridized carbons (Fsp3) is 0.462. The molecule has 2 aromatic rings. The average Bonchev–Trinajstić information content (AvgIpc) is 2.76. The van der Waals surface area contributed by atoms with Gasteiger partial charge in [-0.25, -0.2) is 8.42 Å². The summed E-state index contributed by atoms with van der Waals surface area (Å²) < 4.78 is 26.0. The van der Waals surface area contributed by atoms with Crippen molar-refractivity contribution in [2.45, 2.75) is 65.1 Å². The van der Waals surface area contributed by atoms with E-state index in [1.807, 2.05) is 45.9 Å². The van der Waals surface area contributed by atoms with Crippen LogP contribution in [-0.4, -0.2) is 49.5 Å². The van der Waals surface area contributed by atoms with Crippen molar-refractivity contribution in [3.8, 4) is 0 Å². The van der Waals surface area contributed by atoms with Gasteiger partial charge in [0, 0.05) is 30.1 Å². The van der Waals surface area contributed by atoms with Gasteiger partial charge in [0.05, 0.1) is 11.9 Å². The van der Waals surface area contributed by atoms with Gasteiger partial charge in [0.15, 0.2) is 0 Å². The molecule has 0 radical (unpaired) electrons. The van der Waals surface area contributed by atoms with E-state index < -0.39 is 21.6 Å². The van der Waals surface area contributed by atoms with Crippen molar-refractivity contribution >= 4 is 39.1 Å². The predicted molar refractivity (Wildman–Crippen MR) is 142 cm³/mol. The zero-order valence-corrected chi connectivity index (χ0v) is 22.7. The molecule has 0 saturated heterocycles. The highest BCUT2D eigenvalue weighted by atomic mass is 35.5. The summed E-state index contributed by atoms with van der Waals surface area (Å²) in [5, 5.41) is 3.56. The number of carbonyl (C=O) groups is 2. The van der Waals surface area contributed by atoms with Crippen LogP contribution in [0.15, 0.2) is 54.6 Å². The molecular weight excluding hydrogens is 486 g/mol. The molecule has 7 nitrogen and oxygen atoms in total. The Bertz CT molecular complexity index is 1080. The Morgan fingerprint density at radius 3 is 2.14 bits per heavy atom. The largest absolute Gasteiger partial charge is 0.350 e. The van der Waals surface area contributed by atoms with Crippen molar-refractivity contribution in [1.29, 1.82) is 0 Å². The smallest absolute Gasteiger partial charge is 0.243 e. The SMILES string of the molecule is CC[C@H](C(=O)NC(C)(C)C)N(Cc1ccc(Cl)cc1)C(=O)CCCN(c1ccccc1)S(C)(=O)=O. The maximum Gasteiger partial charge on any atom is 0.243 e. The third-order valence-corrected chi connectivity index (χ3v) is 6.79. The first-order valence-corrected chi connectivity index (χ1v) is 13.9. The van der Waals surface area contributed by atoms with Gasteiger partial charge in [0.2, 0.25) is 21.8 Å². The first-order chi connectivity index (χ1) is 16.3. The Kier molecular flexibility index (Phi) is 10.2. The Labute approximate surface area is 214 Å². The number of sulfonamides is 1. The summed E-state index contributed by atoms with van der Waals surface area (Å²) in [6.45, 7) is 7.97. The summed E-state index contributed by atoms with van der Waals surface area (Å²) in [6.07, 6.45) is 2.01. The number of hydrogen-bond donors (Lipinski definition) is 1. The van der Waals surface area contributed by atoms with E-state index in [1.165, 1.54) is 4.31 Å². The number of para-hydroxylation sites is 1. The van der Waals surface area contributed by atoms with Crippen molar-refractivity contribution in [2.24, 2.45) is 0 Å². The monoisotopic (exact) mass is 521 g/mol. The van der Waals surface area contributed by atoms with Crippen molar-refractivity contribution in [3.63, 3.8) is 0 Å². The molecule has 0 aromatic heterocycles. The predicted octanol–water partition coefficient (Wildman–Crippen LogP) is 4.61. The van der Waals surface area contributed by atoms with Gasteiger partial charge in [-0.15, -0.1) is 0 Å². The van der Waals surface area contributed by atoms with E-state index >= 15 is 0 Å². The quantitative estimate of drug-likeness (QED) is 0.468. The standard InChI is InChI=1S/C26H36ClN3O4S/c1-6-23(25(32)28-26(2,3)4)29(19-20-14-16-21(27)17-15-20)24(31)13-10-18-30(35(5,33)34)22-11-8-7-9-12-22/h7-9,11-12,14-17,23H,6,10,13,18-19H2,1-5H3,(H,28,32)/t23-/m1/s1. The van der Waals surface area contributed by atoms with Crippen LogP contribution in [0, 0.1) is 0 Å². The minimum absolute atomic E-state index is 0.103. The molecule has 0 aliphatic rings. The van der Waals surface area contributed by atoms with Gasteiger partial charge >= 0.3 is 0 Å². The summed E-state index contributed by atoms with van der Waals surface area (Å²) in [4.78, 5) is 28.1. The Morgan fingerprint density at radius 2 is 1.63 bits per heavy atom. The second-order valence-electron chi connectivity index (χ2n) is 9.59. The maximum atomic E-state index is 13.4. The highest BCUT2D eigenvalue weighted by molar-refractivity contribution is 7.92. The lowest BCUT2D eigenvalue weighted by molar-refractivity contribution is -0.142. The van der Waals surface area contributed by atoms with Crippen molar-refractivity contribution < 1.29 is 18.0 Å². The molecule has 0 fully saturated rings. The molecule has 0 heterocycles. The number of carbonyl (C=O) groups excluding carboxylic acids is 2. The molecule has 0 spiro atoms. The number of nitrogens with one attached hydrogen (secondary N) is 1. The molecular formula is C26H36ClN3O4S. The van der Waals surface area contributed by atoms with E-state index in [1.54, 1.807) is 41.3 Å². The molecule has 9 heteroatoms. The van der Waals surface area contributed by atoms with Crippen molar-refractivity contribution in [3.05, 3.63) is 65.2 Å². The molecule has 0 unspecified atom stereocenters. The normalized spacial score (nSPS) is 12.6. The molecule has 2 amide bonds. The minimum atomic E-state index is -3.51. The number of nitrogens with zero attached hydrogens (tertiary/aromatic N) is 2. The van der Waals surface area contributed by atoms with Gasteiger partial charge in [-0.1, -0.05) is 48.9 Å². The maximum absolute atomic E-state index is 13.4. The molecule has 2 aromatic carbocycles. The Morgan fingerprint density at radius 1 is 1.03 bits per heavy atom. The summed E-state index contributed by atoms with van der Waals surface area (Å²) in [7, 11) is -3.51. The summed E-state index contributed by atoms with van der Waals surface area (Å²) in [5.41, 5.74) is 0.966. The lowest BCUT2D eigenvalue weighted by atomic mass is 10.0. The number of rotatable bonds is 11. The van der Waals surface area contributed by atoms with Gasteiger partial charge < -0.3 is 10.2 Å². The minimum Gasteiger partial charge on any atom is -0.350 e. The first-order valence-electron chi connectivity index (χ1n) is 11.7. The second kappa shape index (κ2) is 12.4. The molecule has 35 heavy (non-hydrogen) atoms. The van der Waals surface area contributed by atoms with Gasteiger partial charge in [-0.05, 0) is 63.4 Å². The molecule has 1 atom stereocenters. The molecule has 2 rings (SSSR count). The van der Waals surface area contributed by atoms with E-state index in [0.717, 1.165) is 11.8 Å². The molecule has 0 bridgehead atoms. The average molecular weight is 522 g/mol. The van der Waals surface area contributed by atoms with Crippen LogP contribution >= 0.6 is 11.6 Å². The van der Waals surface area contributed by atoms with Crippen LogP contribution in [-0.2, 0) is 26.2 Å². The molecule has 0 aliphatic carbocycles. The van der Waals surface area contributed by atoms with Crippen molar-refractivity contribution in [1.82, 2.24) is 10.2 Å². The van der Waals surface area contributed by atoms with Crippen LogP contribution in [0.25, 0.3) is 0 Å². The fourth-order valence-corrected chi connectivity index (χ4v) is 4.85. The summed E-state index contributed by atoms with van der Waals surface area (Å²) >= 11 is 6.01. The van der Waals surface area contributed by atoms with E-state index in [2.05, 4.69) is 5.32 Å². The summed E-state index contributed by atoms with van der Waals surface area (Å²) in [5.74, 6) is -0.429. The van der Waals surface area contributed by atoms with E-state index in [0.29, 0.717) is 23.6 Å². The second-order valence-corrected chi connectivity index (χ2v) is 11.9. The van der Waals surface area contributed by atoms with Crippen LogP contribution in [0.1, 0.15) is 52.5 Å². The zero-order valence-electron chi connectivity index (χ0n) is 21.1. The molecule has 1 N–H and O–H groups in total. The highest BCUT2D eigenvalue weighted by Gasteiger charge is 2.30. The molecule has 0 saturated carbocycles. The Balaban J connectivity index is 2.21. The highest BCUT2D eigenvalue weighted by Crippen LogP contribution is 2.20. The molecule has 0 aliphatic heterocycles. The lowest BCUT2D eigenvalue weighted by Crippen LogP contribution is -2.53. The van der Waals surface area contributed by atoms with Crippen LogP contribution in [0.3, 0.4) is 0 Å². The van der Waals surface area contributed by atoms with Gasteiger partial charge in [0.1, 0.15) is 6.04 Å². The lowest BCUT2D eigenvalue weighted by Gasteiger charge is -2.33. The number of amides is 2. The van der Waals surface area contributed by atoms with E-state index in [4.69, 9.17) is 11.6 Å². The zero-order chi connectivity index (χ0) is 26.2. The van der Waals surface area contributed by atoms with Gasteiger partial charge in [-0.2, -0.15) is 0 Å². The van der Waals surface area contributed by atoms with Gasteiger partial charge in [-0.3, -0.25) is 13.9 Å². The summed E-state index contributed by atoms with van der Waals surface area (Å²) in [6, 6.07) is 15.3. The van der Waals surface area contributed by atoms with Crippen LogP contribution < -0.4 is 9.62 Å².